The monoisotopic (exact) mass is 339 g/mol. The molecular formula is C13H19Cl2NO3S. The van der Waals surface area contributed by atoms with E-state index in [2.05, 4.69) is 0 Å². The summed E-state index contributed by atoms with van der Waals surface area (Å²) in [7, 11) is -2.05. The minimum atomic E-state index is -3.59. The quantitative estimate of drug-likeness (QED) is 0.717. The fourth-order valence-electron chi connectivity index (χ4n) is 1.98. The topological polar surface area (TPSA) is 46.6 Å². The van der Waals surface area contributed by atoms with Gasteiger partial charge in [-0.05, 0) is 24.6 Å². The van der Waals surface area contributed by atoms with Crippen LogP contribution in [-0.4, -0.2) is 39.0 Å². The molecule has 0 fully saturated rings. The van der Waals surface area contributed by atoms with Gasteiger partial charge in [0.1, 0.15) is 0 Å². The van der Waals surface area contributed by atoms with Crippen LogP contribution in [0.5, 0.6) is 0 Å². The second-order valence-electron chi connectivity index (χ2n) is 4.40. The van der Waals surface area contributed by atoms with E-state index < -0.39 is 10.0 Å². The molecule has 114 valence electrons. The zero-order valence-electron chi connectivity index (χ0n) is 11.8. The van der Waals surface area contributed by atoms with Gasteiger partial charge in [0.05, 0.1) is 11.5 Å². The number of alkyl halides is 1. The number of nitrogens with zero attached hydrogens (tertiary/aromatic N) is 1. The predicted molar refractivity (Wildman–Crippen MR) is 81.9 cm³/mol. The summed E-state index contributed by atoms with van der Waals surface area (Å²) in [4.78, 5) is 0.168. The molecule has 1 rings (SSSR count). The Morgan fingerprint density at radius 1 is 1.40 bits per heavy atom. The summed E-state index contributed by atoms with van der Waals surface area (Å²) in [5.41, 5.74) is 0.709. The van der Waals surface area contributed by atoms with Gasteiger partial charge in [-0.3, -0.25) is 0 Å². The summed E-state index contributed by atoms with van der Waals surface area (Å²) in [6.45, 7) is 4.29. The van der Waals surface area contributed by atoms with Gasteiger partial charge in [0.15, 0.2) is 0 Å². The number of likely N-dealkylation sites (N-methyl/N-ethyl adjacent to an activating group) is 1. The molecule has 1 unspecified atom stereocenters. The SMILES string of the molecule is CCN(C(C)COC)S(=O)(=O)c1ccc(CCl)c(Cl)c1. The van der Waals surface area contributed by atoms with Crippen molar-refractivity contribution in [2.24, 2.45) is 0 Å². The average molecular weight is 340 g/mol. The second kappa shape index (κ2) is 7.61. The third-order valence-electron chi connectivity index (χ3n) is 2.99. The molecule has 4 nitrogen and oxygen atoms in total. The molecule has 0 radical (unpaired) electrons. The zero-order valence-corrected chi connectivity index (χ0v) is 14.1. The standard InChI is InChI=1S/C13H19Cl2NO3S/c1-4-16(10(2)9-19-3)20(17,18)12-6-5-11(8-14)13(15)7-12/h5-7,10H,4,8-9H2,1-3H3. The van der Waals surface area contributed by atoms with Crippen molar-refractivity contribution in [1.29, 1.82) is 0 Å². The van der Waals surface area contributed by atoms with Crippen LogP contribution in [0.1, 0.15) is 19.4 Å². The molecule has 0 N–H and O–H groups in total. The molecule has 0 bridgehead atoms. The van der Waals surface area contributed by atoms with Crippen molar-refractivity contribution in [3.05, 3.63) is 28.8 Å². The first-order valence-electron chi connectivity index (χ1n) is 6.23. The van der Waals surface area contributed by atoms with Crippen LogP contribution in [0.15, 0.2) is 23.1 Å². The van der Waals surface area contributed by atoms with Crippen molar-refractivity contribution in [3.63, 3.8) is 0 Å². The number of hydrogen-bond donors (Lipinski definition) is 0. The van der Waals surface area contributed by atoms with Gasteiger partial charge in [0, 0.05) is 30.6 Å². The number of methoxy groups -OCH3 is 1. The number of hydrogen-bond acceptors (Lipinski definition) is 3. The van der Waals surface area contributed by atoms with E-state index in [4.69, 9.17) is 27.9 Å². The minimum Gasteiger partial charge on any atom is -0.383 e. The van der Waals surface area contributed by atoms with Gasteiger partial charge in [0.2, 0.25) is 10.0 Å². The smallest absolute Gasteiger partial charge is 0.243 e. The molecular weight excluding hydrogens is 321 g/mol. The predicted octanol–water partition coefficient (Wildman–Crippen LogP) is 3.12. The van der Waals surface area contributed by atoms with Crippen molar-refractivity contribution in [3.8, 4) is 0 Å². The first-order valence-corrected chi connectivity index (χ1v) is 8.58. The number of benzene rings is 1. The zero-order chi connectivity index (χ0) is 15.3. The molecule has 0 spiro atoms. The maximum absolute atomic E-state index is 12.6. The van der Waals surface area contributed by atoms with Gasteiger partial charge < -0.3 is 4.74 Å². The molecule has 0 aliphatic heterocycles. The minimum absolute atomic E-state index is 0.168. The third-order valence-corrected chi connectivity index (χ3v) is 5.71. The highest BCUT2D eigenvalue weighted by Gasteiger charge is 2.28. The molecule has 0 heterocycles. The highest BCUT2D eigenvalue weighted by atomic mass is 35.5. The number of rotatable bonds is 7. The Kier molecular flexibility index (Phi) is 6.75. The Hall–Kier alpha value is -0.330. The number of halogens is 2. The first-order chi connectivity index (χ1) is 9.38. The largest absolute Gasteiger partial charge is 0.383 e. The van der Waals surface area contributed by atoms with E-state index in [9.17, 15) is 8.42 Å². The normalized spacial score (nSPS) is 13.7. The van der Waals surface area contributed by atoms with Gasteiger partial charge in [-0.2, -0.15) is 4.31 Å². The Morgan fingerprint density at radius 2 is 2.05 bits per heavy atom. The average Bonchev–Trinajstić information content (AvgIpc) is 2.39. The lowest BCUT2D eigenvalue weighted by Gasteiger charge is -2.26. The van der Waals surface area contributed by atoms with E-state index in [0.29, 0.717) is 23.7 Å². The van der Waals surface area contributed by atoms with Gasteiger partial charge in [-0.1, -0.05) is 24.6 Å². The van der Waals surface area contributed by atoms with Crippen LogP contribution < -0.4 is 0 Å². The maximum Gasteiger partial charge on any atom is 0.243 e. The third kappa shape index (κ3) is 3.86. The van der Waals surface area contributed by atoms with E-state index >= 15 is 0 Å². The second-order valence-corrected chi connectivity index (χ2v) is 6.96. The van der Waals surface area contributed by atoms with E-state index in [1.807, 2.05) is 0 Å². The molecule has 1 aromatic carbocycles. The number of sulfonamides is 1. The molecule has 7 heteroatoms. The molecule has 0 aliphatic rings. The van der Waals surface area contributed by atoms with E-state index in [1.165, 1.54) is 16.4 Å². The summed E-state index contributed by atoms with van der Waals surface area (Å²) in [6.07, 6.45) is 0. The van der Waals surface area contributed by atoms with Crippen LogP contribution in [0, 0.1) is 0 Å². The molecule has 0 aromatic heterocycles. The van der Waals surface area contributed by atoms with Crippen molar-refractivity contribution in [2.45, 2.75) is 30.7 Å². The lowest BCUT2D eigenvalue weighted by atomic mass is 10.2. The van der Waals surface area contributed by atoms with Crippen LogP contribution in [0.25, 0.3) is 0 Å². The molecule has 0 saturated heterocycles. The van der Waals surface area contributed by atoms with Crippen LogP contribution in [-0.2, 0) is 20.6 Å². The summed E-state index contributed by atoms with van der Waals surface area (Å²) in [5, 5.41) is 0.358. The Morgan fingerprint density at radius 3 is 2.50 bits per heavy atom. The molecule has 1 aromatic rings. The highest BCUT2D eigenvalue weighted by molar-refractivity contribution is 7.89. The van der Waals surface area contributed by atoms with Gasteiger partial charge in [-0.25, -0.2) is 8.42 Å². The summed E-state index contributed by atoms with van der Waals surface area (Å²) in [6, 6.07) is 4.36. The van der Waals surface area contributed by atoms with Gasteiger partial charge in [-0.15, -0.1) is 11.6 Å². The summed E-state index contributed by atoms with van der Waals surface area (Å²) < 4.78 is 31.6. The number of ether oxygens (including phenoxy) is 1. The molecule has 20 heavy (non-hydrogen) atoms. The lowest BCUT2D eigenvalue weighted by molar-refractivity contribution is 0.142. The van der Waals surface area contributed by atoms with Crippen LogP contribution in [0.2, 0.25) is 5.02 Å². The van der Waals surface area contributed by atoms with E-state index in [0.717, 1.165) is 0 Å². The molecule has 0 amide bonds. The fourth-order valence-corrected chi connectivity index (χ4v) is 4.24. The Bertz CT molecular complexity index is 549. The van der Waals surface area contributed by atoms with Crippen LogP contribution in [0.4, 0.5) is 0 Å². The van der Waals surface area contributed by atoms with Crippen molar-refractivity contribution in [1.82, 2.24) is 4.31 Å². The molecule has 1 atom stereocenters. The van der Waals surface area contributed by atoms with Crippen molar-refractivity contribution < 1.29 is 13.2 Å². The van der Waals surface area contributed by atoms with Crippen LogP contribution >= 0.6 is 23.2 Å². The summed E-state index contributed by atoms with van der Waals surface area (Å²) in [5.74, 6) is 0.247. The lowest BCUT2D eigenvalue weighted by Crippen LogP contribution is -2.40. The fraction of sp³-hybridized carbons (Fsp3) is 0.538. The van der Waals surface area contributed by atoms with Crippen LogP contribution in [0.3, 0.4) is 0 Å². The Labute approximate surface area is 130 Å². The van der Waals surface area contributed by atoms with Gasteiger partial charge in [0.25, 0.3) is 0 Å². The molecule has 0 aliphatic carbocycles. The maximum atomic E-state index is 12.6. The van der Waals surface area contributed by atoms with Gasteiger partial charge >= 0.3 is 0 Å². The summed E-state index contributed by atoms with van der Waals surface area (Å²) >= 11 is 11.8. The Balaban J connectivity index is 3.17. The molecule has 0 saturated carbocycles. The van der Waals surface area contributed by atoms with Crippen molar-refractivity contribution >= 4 is 33.2 Å². The van der Waals surface area contributed by atoms with E-state index in [-0.39, 0.29) is 16.8 Å². The highest BCUT2D eigenvalue weighted by Crippen LogP contribution is 2.25. The van der Waals surface area contributed by atoms with Crippen molar-refractivity contribution in [2.75, 3.05) is 20.3 Å². The first kappa shape index (κ1) is 17.7. The van der Waals surface area contributed by atoms with E-state index in [1.54, 1.807) is 27.0 Å².